The first-order valence-electron chi connectivity index (χ1n) is 8.40. The smallest absolute Gasteiger partial charge is 0.249 e. The lowest BCUT2D eigenvalue weighted by Crippen LogP contribution is -2.44. The third kappa shape index (κ3) is 2.84. The number of ketones is 1. The second-order valence-electron chi connectivity index (χ2n) is 6.74. The van der Waals surface area contributed by atoms with Crippen LogP contribution in [-0.2, 0) is 14.3 Å². The molecule has 1 saturated heterocycles. The molecule has 0 aromatic carbocycles. The quantitative estimate of drug-likeness (QED) is 0.829. The Morgan fingerprint density at radius 1 is 1.21 bits per heavy atom. The summed E-state index contributed by atoms with van der Waals surface area (Å²) in [5, 5.41) is 3.54. The van der Waals surface area contributed by atoms with Crippen molar-refractivity contribution in [2.45, 2.75) is 39.7 Å². The summed E-state index contributed by atoms with van der Waals surface area (Å²) in [5.74, 6) is -0.130. The van der Waals surface area contributed by atoms with Gasteiger partial charge in [-0.05, 0) is 44.8 Å². The van der Waals surface area contributed by atoms with Crippen LogP contribution in [0.5, 0.6) is 0 Å². The van der Waals surface area contributed by atoms with Crippen LogP contribution in [0, 0.1) is 5.92 Å². The molecule has 0 aromatic rings. The van der Waals surface area contributed by atoms with Crippen LogP contribution in [0.3, 0.4) is 0 Å². The third-order valence-corrected chi connectivity index (χ3v) is 5.04. The van der Waals surface area contributed by atoms with Crippen molar-refractivity contribution in [3.05, 3.63) is 45.7 Å². The van der Waals surface area contributed by atoms with Crippen LogP contribution in [0.2, 0.25) is 0 Å². The molecular formula is C19H24N2O3. The first kappa shape index (κ1) is 16.7. The number of dihydropyridines is 1. The van der Waals surface area contributed by atoms with Crippen LogP contribution in [-0.4, -0.2) is 30.9 Å². The molecule has 0 bridgehead atoms. The van der Waals surface area contributed by atoms with Gasteiger partial charge in [-0.3, -0.25) is 9.59 Å². The van der Waals surface area contributed by atoms with Crippen molar-refractivity contribution >= 4 is 11.7 Å². The van der Waals surface area contributed by atoms with E-state index >= 15 is 0 Å². The highest BCUT2D eigenvalue weighted by Gasteiger charge is 2.36. The predicted octanol–water partition coefficient (Wildman–Crippen LogP) is 1.92. The number of hydrogen-bond donors (Lipinski definition) is 2. The van der Waals surface area contributed by atoms with E-state index in [1.807, 2.05) is 26.0 Å². The van der Waals surface area contributed by atoms with Gasteiger partial charge >= 0.3 is 0 Å². The van der Waals surface area contributed by atoms with Gasteiger partial charge in [0, 0.05) is 36.0 Å². The zero-order chi connectivity index (χ0) is 17.4. The summed E-state index contributed by atoms with van der Waals surface area (Å²) in [5.41, 5.74) is 10.6. The van der Waals surface area contributed by atoms with E-state index in [1.165, 1.54) is 0 Å². The fraction of sp³-hybridized carbons (Fsp3) is 0.474. The summed E-state index contributed by atoms with van der Waals surface area (Å²) >= 11 is 0. The normalized spacial score (nSPS) is 24.9. The molecule has 0 aromatic heterocycles. The van der Waals surface area contributed by atoms with Gasteiger partial charge in [0.2, 0.25) is 5.91 Å². The van der Waals surface area contributed by atoms with Gasteiger partial charge in [0.05, 0.1) is 6.04 Å². The number of allylic oxidation sites excluding steroid dienone is 3. The fourth-order valence-electron chi connectivity index (χ4n) is 3.90. The minimum absolute atomic E-state index is 0.00662. The van der Waals surface area contributed by atoms with E-state index in [0.29, 0.717) is 30.3 Å². The number of fused-ring (bicyclic) bond motifs is 1. The van der Waals surface area contributed by atoms with Crippen molar-refractivity contribution in [3.63, 3.8) is 0 Å². The van der Waals surface area contributed by atoms with Gasteiger partial charge < -0.3 is 15.8 Å². The highest BCUT2D eigenvalue weighted by atomic mass is 16.5. The molecule has 1 unspecified atom stereocenters. The van der Waals surface area contributed by atoms with E-state index in [9.17, 15) is 9.59 Å². The Hall–Kier alpha value is -2.14. The monoisotopic (exact) mass is 328 g/mol. The number of hydrogen-bond acceptors (Lipinski definition) is 4. The van der Waals surface area contributed by atoms with E-state index in [0.717, 1.165) is 35.3 Å². The molecule has 3 N–H and O–H groups in total. The van der Waals surface area contributed by atoms with Crippen LogP contribution >= 0.6 is 0 Å². The van der Waals surface area contributed by atoms with Gasteiger partial charge in [0.1, 0.15) is 0 Å². The number of amides is 1. The Labute approximate surface area is 142 Å². The van der Waals surface area contributed by atoms with Crippen LogP contribution < -0.4 is 11.1 Å². The maximum absolute atomic E-state index is 12.2. The summed E-state index contributed by atoms with van der Waals surface area (Å²) in [6.07, 6.45) is 5.66. The van der Waals surface area contributed by atoms with Crippen molar-refractivity contribution in [1.29, 1.82) is 0 Å². The van der Waals surface area contributed by atoms with Crippen LogP contribution in [0.15, 0.2) is 45.7 Å². The SMILES string of the molecule is CC(=O)C1=CC(C)=CC2=C(C(N)=O)C(C)=C(C3CCOCC3)NC12. The molecule has 1 atom stereocenters. The Morgan fingerprint density at radius 2 is 1.88 bits per heavy atom. The second kappa shape index (κ2) is 6.40. The molecule has 1 amide bonds. The second-order valence-corrected chi connectivity index (χ2v) is 6.74. The van der Waals surface area contributed by atoms with E-state index in [4.69, 9.17) is 10.5 Å². The molecule has 128 valence electrons. The number of primary amides is 1. The first-order chi connectivity index (χ1) is 11.4. The van der Waals surface area contributed by atoms with Crippen LogP contribution in [0.1, 0.15) is 33.6 Å². The topological polar surface area (TPSA) is 81.4 Å². The van der Waals surface area contributed by atoms with Gasteiger partial charge in [-0.1, -0.05) is 17.7 Å². The van der Waals surface area contributed by atoms with Gasteiger partial charge in [-0.15, -0.1) is 0 Å². The van der Waals surface area contributed by atoms with Crippen molar-refractivity contribution in [2.75, 3.05) is 13.2 Å². The van der Waals surface area contributed by atoms with E-state index < -0.39 is 5.91 Å². The molecule has 2 aliphatic heterocycles. The molecule has 5 heteroatoms. The lowest BCUT2D eigenvalue weighted by Gasteiger charge is -2.38. The Kier molecular flexibility index (Phi) is 4.45. The average molecular weight is 328 g/mol. The van der Waals surface area contributed by atoms with Crippen molar-refractivity contribution < 1.29 is 14.3 Å². The largest absolute Gasteiger partial charge is 0.381 e. The number of nitrogens with one attached hydrogen (secondary N) is 1. The predicted molar refractivity (Wildman–Crippen MR) is 91.9 cm³/mol. The average Bonchev–Trinajstić information content (AvgIpc) is 2.53. The molecule has 3 rings (SSSR count). The molecule has 1 aliphatic carbocycles. The number of ether oxygens (including phenoxy) is 1. The maximum Gasteiger partial charge on any atom is 0.249 e. The van der Waals surface area contributed by atoms with Crippen molar-refractivity contribution in [2.24, 2.45) is 11.7 Å². The van der Waals surface area contributed by atoms with E-state index in [1.54, 1.807) is 6.92 Å². The number of nitrogens with two attached hydrogens (primary N) is 1. The van der Waals surface area contributed by atoms with Gasteiger partial charge in [0.25, 0.3) is 0 Å². The number of rotatable bonds is 3. The van der Waals surface area contributed by atoms with Crippen molar-refractivity contribution in [1.82, 2.24) is 5.32 Å². The van der Waals surface area contributed by atoms with Gasteiger partial charge in [0.15, 0.2) is 5.78 Å². The number of carbonyl (C=O) groups is 2. The minimum atomic E-state index is -0.438. The molecule has 3 aliphatic rings. The standard InChI is InChI=1S/C19H24N2O3/c1-10-8-14(12(3)22)18-15(9-10)16(19(20)23)11(2)17(21-18)13-4-6-24-7-5-13/h8-9,13,18,21H,4-7H2,1-3H3,(H2,20,23). The van der Waals surface area contributed by atoms with Gasteiger partial charge in [-0.25, -0.2) is 0 Å². The zero-order valence-electron chi connectivity index (χ0n) is 14.4. The molecule has 24 heavy (non-hydrogen) atoms. The molecular weight excluding hydrogens is 304 g/mol. The van der Waals surface area contributed by atoms with Crippen molar-refractivity contribution in [3.8, 4) is 0 Å². The lowest BCUT2D eigenvalue weighted by molar-refractivity contribution is -0.115. The Morgan fingerprint density at radius 3 is 2.46 bits per heavy atom. The highest BCUT2D eigenvalue weighted by molar-refractivity contribution is 6.02. The molecule has 5 nitrogen and oxygen atoms in total. The summed E-state index contributed by atoms with van der Waals surface area (Å²) in [6, 6.07) is -0.296. The first-order valence-corrected chi connectivity index (χ1v) is 8.40. The molecule has 1 fully saturated rings. The molecule has 0 radical (unpaired) electrons. The Bertz CT molecular complexity index is 719. The summed E-state index contributed by atoms with van der Waals surface area (Å²) < 4.78 is 5.45. The number of Topliss-reactive ketones (excluding diaryl/α,β-unsaturated/α-hetero) is 1. The highest BCUT2D eigenvalue weighted by Crippen LogP contribution is 2.37. The minimum Gasteiger partial charge on any atom is -0.381 e. The zero-order valence-corrected chi connectivity index (χ0v) is 14.4. The number of carbonyl (C=O) groups excluding carboxylic acids is 2. The Balaban J connectivity index is 2.13. The van der Waals surface area contributed by atoms with Crippen LogP contribution in [0.4, 0.5) is 0 Å². The summed E-state index contributed by atoms with van der Waals surface area (Å²) in [6.45, 7) is 6.86. The van der Waals surface area contributed by atoms with E-state index in [2.05, 4.69) is 5.32 Å². The third-order valence-electron chi connectivity index (χ3n) is 5.04. The maximum atomic E-state index is 12.2. The van der Waals surface area contributed by atoms with Crippen LogP contribution in [0.25, 0.3) is 0 Å². The summed E-state index contributed by atoms with van der Waals surface area (Å²) in [7, 11) is 0. The summed E-state index contributed by atoms with van der Waals surface area (Å²) in [4.78, 5) is 24.3. The van der Waals surface area contributed by atoms with E-state index in [-0.39, 0.29) is 11.8 Å². The molecule has 2 heterocycles. The van der Waals surface area contributed by atoms with Gasteiger partial charge in [-0.2, -0.15) is 0 Å². The lowest BCUT2D eigenvalue weighted by atomic mass is 9.78. The molecule has 0 saturated carbocycles. The fourth-order valence-corrected chi connectivity index (χ4v) is 3.90. The molecule has 0 spiro atoms.